The van der Waals surface area contributed by atoms with Gasteiger partial charge in [0.15, 0.2) is 5.17 Å². The number of benzene rings is 3. The first-order chi connectivity index (χ1) is 13.7. The van der Waals surface area contributed by atoms with Crippen LogP contribution >= 0.6 is 11.8 Å². The highest BCUT2D eigenvalue weighted by molar-refractivity contribution is 8.18. The molecular formula is C23H18N2O2S. The van der Waals surface area contributed by atoms with Gasteiger partial charge >= 0.3 is 0 Å². The molecule has 0 atom stereocenters. The van der Waals surface area contributed by atoms with Gasteiger partial charge < -0.3 is 4.74 Å². The van der Waals surface area contributed by atoms with Crippen molar-refractivity contribution in [2.45, 2.75) is 0 Å². The number of aliphatic imine (C=N–C) groups is 1. The standard InChI is InChI=1S/C23H18N2O2S/c1-27-20-14-12-17(13-15-20)16-21-22(26)24-23(28-21)25(18-8-4-2-5-9-18)19-10-6-3-7-11-19/h2-16H,1H3/b21-16+. The van der Waals surface area contributed by atoms with Crippen LogP contribution in [-0.2, 0) is 4.79 Å². The summed E-state index contributed by atoms with van der Waals surface area (Å²) < 4.78 is 5.18. The van der Waals surface area contributed by atoms with Crippen molar-refractivity contribution in [3.8, 4) is 5.75 Å². The predicted molar refractivity (Wildman–Crippen MR) is 116 cm³/mol. The lowest BCUT2D eigenvalue weighted by atomic mass is 10.2. The molecular weight excluding hydrogens is 368 g/mol. The molecule has 0 fully saturated rings. The van der Waals surface area contributed by atoms with Crippen LogP contribution < -0.4 is 9.64 Å². The predicted octanol–water partition coefficient (Wildman–Crippen LogP) is 5.50. The summed E-state index contributed by atoms with van der Waals surface area (Å²) in [4.78, 5) is 19.5. The molecule has 0 bridgehead atoms. The maximum Gasteiger partial charge on any atom is 0.286 e. The first-order valence-electron chi connectivity index (χ1n) is 8.81. The number of carbonyl (C=O) groups excluding carboxylic acids is 1. The Kier molecular flexibility index (Phi) is 5.26. The Morgan fingerprint density at radius 2 is 1.43 bits per heavy atom. The van der Waals surface area contributed by atoms with Crippen molar-refractivity contribution >= 4 is 40.3 Å². The quantitative estimate of drug-likeness (QED) is 0.555. The Hall–Kier alpha value is -3.31. The number of ether oxygens (including phenoxy) is 1. The molecule has 4 rings (SSSR count). The highest BCUT2D eigenvalue weighted by Crippen LogP contribution is 2.36. The zero-order valence-electron chi connectivity index (χ0n) is 15.3. The summed E-state index contributed by atoms with van der Waals surface area (Å²) in [6, 6.07) is 27.4. The van der Waals surface area contributed by atoms with Gasteiger partial charge in [-0.2, -0.15) is 4.99 Å². The lowest BCUT2D eigenvalue weighted by Crippen LogP contribution is -2.21. The number of hydrogen-bond acceptors (Lipinski definition) is 4. The third-order valence-electron chi connectivity index (χ3n) is 4.24. The summed E-state index contributed by atoms with van der Waals surface area (Å²) in [5, 5.41) is 0.641. The molecule has 0 radical (unpaired) electrons. The average molecular weight is 386 g/mol. The molecule has 138 valence electrons. The third-order valence-corrected chi connectivity index (χ3v) is 5.21. The van der Waals surface area contributed by atoms with Crippen molar-refractivity contribution in [1.29, 1.82) is 0 Å². The second-order valence-corrected chi connectivity index (χ2v) is 7.10. The van der Waals surface area contributed by atoms with Crippen LogP contribution in [0.3, 0.4) is 0 Å². The highest BCUT2D eigenvalue weighted by Gasteiger charge is 2.28. The van der Waals surface area contributed by atoms with Gasteiger partial charge in [0.25, 0.3) is 5.91 Å². The van der Waals surface area contributed by atoms with E-state index in [0.717, 1.165) is 22.7 Å². The number of hydrogen-bond donors (Lipinski definition) is 0. The maximum absolute atomic E-state index is 12.6. The third kappa shape index (κ3) is 3.85. The molecule has 3 aromatic rings. The molecule has 0 aromatic heterocycles. The van der Waals surface area contributed by atoms with Crippen LogP contribution in [0.1, 0.15) is 5.56 Å². The van der Waals surface area contributed by atoms with Gasteiger partial charge in [0.1, 0.15) is 5.75 Å². The van der Waals surface area contributed by atoms with E-state index >= 15 is 0 Å². The molecule has 4 nitrogen and oxygen atoms in total. The van der Waals surface area contributed by atoms with Crippen LogP contribution in [0, 0.1) is 0 Å². The van der Waals surface area contributed by atoms with Crippen molar-refractivity contribution in [3.63, 3.8) is 0 Å². The van der Waals surface area contributed by atoms with Gasteiger partial charge in [0, 0.05) is 11.4 Å². The van der Waals surface area contributed by atoms with E-state index in [9.17, 15) is 4.79 Å². The molecule has 0 saturated carbocycles. The van der Waals surface area contributed by atoms with Gasteiger partial charge in [-0.25, -0.2) is 0 Å². The number of carbonyl (C=O) groups is 1. The van der Waals surface area contributed by atoms with Gasteiger partial charge in [-0.1, -0.05) is 48.5 Å². The molecule has 1 aliphatic heterocycles. The van der Waals surface area contributed by atoms with E-state index in [-0.39, 0.29) is 5.91 Å². The molecule has 1 heterocycles. The molecule has 5 heteroatoms. The Morgan fingerprint density at radius 3 is 1.96 bits per heavy atom. The summed E-state index contributed by atoms with van der Waals surface area (Å²) >= 11 is 1.38. The maximum atomic E-state index is 12.6. The fraction of sp³-hybridized carbons (Fsp3) is 0.0435. The zero-order chi connectivity index (χ0) is 19.3. The Labute approximate surface area is 168 Å². The van der Waals surface area contributed by atoms with Crippen LogP contribution in [0.25, 0.3) is 6.08 Å². The number of para-hydroxylation sites is 2. The summed E-state index contributed by atoms with van der Waals surface area (Å²) in [5.74, 6) is 0.552. The number of amidine groups is 1. The Morgan fingerprint density at radius 1 is 0.857 bits per heavy atom. The van der Waals surface area contributed by atoms with E-state index in [0.29, 0.717) is 10.1 Å². The van der Waals surface area contributed by atoms with Crippen LogP contribution in [0.15, 0.2) is 94.8 Å². The minimum Gasteiger partial charge on any atom is -0.497 e. The van der Waals surface area contributed by atoms with E-state index in [1.54, 1.807) is 7.11 Å². The zero-order valence-corrected chi connectivity index (χ0v) is 16.1. The SMILES string of the molecule is COc1ccc(/C=C2/SC(N(c3ccccc3)c3ccccc3)=NC2=O)cc1. The second-order valence-electron chi connectivity index (χ2n) is 6.09. The average Bonchev–Trinajstić information content (AvgIpc) is 3.10. The summed E-state index contributed by atoms with van der Waals surface area (Å²) in [7, 11) is 1.63. The Balaban J connectivity index is 1.66. The van der Waals surface area contributed by atoms with Crippen LogP contribution in [0.2, 0.25) is 0 Å². The van der Waals surface area contributed by atoms with Crippen LogP contribution in [0.4, 0.5) is 11.4 Å². The van der Waals surface area contributed by atoms with Gasteiger partial charge in [0.05, 0.1) is 12.0 Å². The molecule has 0 unspecified atom stereocenters. The molecule has 3 aromatic carbocycles. The molecule has 0 N–H and O–H groups in total. The van der Waals surface area contributed by atoms with Crippen molar-refractivity contribution in [2.75, 3.05) is 12.0 Å². The van der Waals surface area contributed by atoms with E-state index in [1.807, 2.05) is 95.9 Å². The number of nitrogens with zero attached hydrogens (tertiary/aromatic N) is 2. The first-order valence-corrected chi connectivity index (χ1v) is 9.63. The van der Waals surface area contributed by atoms with Gasteiger partial charge in [-0.15, -0.1) is 0 Å². The van der Waals surface area contributed by atoms with Crippen LogP contribution in [0.5, 0.6) is 5.75 Å². The fourth-order valence-corrected chi connectivity index (χ4v) is 3.82. The number of methoxy groups -OCH3 is 1. The van der Waals surface area contributed by atoms with Crippen molar-refractivity contribution < 1.29 is 9.53 Å². The van der Waals surface area contributed by atoms with E-state index in [1.165, 1.54) is 11.8 Å². The largest absolute Gasteiger partial charge is 0.497 e. The summed E-state index contributed by atoms with van der Waals surface area (Å²) in [6.07, 6.45) is 1.86. The highest BCUT2D eigenvalue weighted by atomic mass is 32.2. The second kappa shape index (κ2) is 8.15. The van der Waals surface area contributed by atoms with E-state index in [2.05, 4.69) is 4.99 Å². The molecule has 1 aliphatic rings. The van der Waals surface area contributed by atoms with Gasteiger partial charge in [0.2, 0.25) is 0 Å². The van der Waals surface area contributed by atoms with Crippen LogP contribution in [-0.4, -0.2) is 18.2 Å². The molecule has 28 heavy (non-hydrogen) atoms. The van der Waals surface area contributed by atoms with Gasteiger partial charge in [-0.05, 0) is 59.8 Å². The van der Waals surface area contributed by atoms with Crippen molar-refractivity contribution in [2.24, 2.45) is 4.99 Å². The van der Waals surface area contributed by atoms with E-state index in [4.69, 9.17) is 4.74 Å². The minimum atomic E-state index is -0.229. The fourth-order valence-electron chi connectivity index (χ4n) is 2.87. The lowest BCUT2D eigenvalue weighted by Gasteiger charge is -2.23. The van der Waals surface area contributed by atoms with Crippen molar-refractivity contribution in [3.05, 3.63) is 95.4 Å². The Bertz CT molecular complexity index is 990. The monoisotopic (exact) mass is 386 g/mol. The smallest absolute Gasteiger partial charge is 0.286 e. The molecule has 0 spiro atoms. The number of thioether (sulfide) groups is 1. The van der Waals surface area contributed by atoms with Gasteiger partial charge in [-0.3, -0.25) is 9.69 Å². The normalized spacial score (nSPS) is 14.8. The summed E-state index contributed by atoms with van der Waals surface area (Å²) in [5.41, 5.74) is 2.84. The number of rotatable bonds is 4. The molecule has 0 aliphatic carbocycles. The number of amides is 1. The summed E-state index contributed by atoms with van der Waals surface area (Å²) in [6.45, 7) is 0. The van der Waals surface area contributed by atoms with E-state index < -0.39 is 0 Å². The first kappa shape index (κ1) is 18.1. The minimum absolute atomic E-state index is 0.229. The number of anilines is 2. The topological polar surface area (TPSA) is 41.9 Å². The molecule has 1 amide bonds. The molecule has 0 saturated heterocycles. The lowest BCUT2D eigenvalue weighted by molar-refractivity contribution is -0.113. The van der Waals surface area contributed by atoms with Crippen molar-refractivity contribution in [1.82, 2.24) is 0 Å².